The number of benzene rings is 1. The molecule has 0 spiro atoms. The van der Waals surface area contributed by atoms with E-state index in [0.717, 1.165) is 6.42 Å². The standard InChI is InChI=1S/C12H14N2O5/c1-12(4-5-19-7-12)13-10-6-8(14(17)18)2-3-9(10)11(15)16/h2-3,6,13H,4-5,7H2,1H3,(H,15,16). The summed E-state index contributed by atoms with van der Waals surface area (Å²) in [6.07, 6.45) is 0.717. The van der Waals surface area contributed by atoms with Crippen molar-refractivity contribution in [3.63, 3.8) is 0 Å². The average Bonchev–Trinajstić information content (AvgIpc) is 2.75. The Labute approximate surface area is 109 Å². The van der Waals surface area contributed by atoms with Crippen molar-refractivity contribution in [1.82, 2.24) is 0 Å². The zero-order valence-electron chi connectivity index (χ0n) is 10.4. The molecule has 1 aromatic carbocycles. The second kappa shape index (κ2) is 4.85. The number of carbonyl (C=O) groups is 1. The molecule has 1 aliphatic heterocycles. The van der Waals surface area contributed by atoms with Crippen LogP contribution in [0.15, 0.2) is 18.2 Å². The Morgan fingerprint density at radius 2 is 2.32 bits per heavy atom. The topological polar surface area (TPSA) is 102 Å². The average molecular weight is 266 g/mol. The number of nitro benzene ring substituents is 1. The van der Waals surface area contributed by atoms with Gasteiger partial charge in [-0.2, -0.15) is 0 Å². The van der Waals surface area contributed by atoms with E-state index < -0.39 is 16.4 Å². The molecule has 1 fully saturated rings. The van der Waals surface area contributed by atoms with Crippen LogP contribution in [0.5, 0.6) is 0 Å². The minimum Gasteiger partial charge on any atom is -0.478 e. The molecular weight excluding hydrogens is 252 g/mol. The minimum atomic E-state index is -1.13. The third kappa shape index (κ3) is 2.82. The number of non-ortho nitro benzene ring substituents is 1. The fourth-order valence-corrected chi connectivity index (χ4v) is 2.03. The number of nitro groups is 1. The van der Waals surface area contributed by atoms with E-state index in [1.807, 2.05) is 6.92 Å². The lowest BCUT2D eigenvalue weighted by molar-refractivity contribution is -0.384. The maximum absolute atomic E-state index is 11.1. The van der Waals surface area contributed by atoms with Crippen LogP contribution in [0, 0.1) is 10.1 Å². The molecule has 7 nitrogen and oxygen atoms in total. The SMILES string of the molecule is CC1(Nc2cc([N+](=O)[O-])ccc2C(=O)O)CCOC1. The molecule has 1 aromatic rings. The van der Waals surface area contributed by atoms with Crippen molar-refractivity contribution in [1.29, 1.82) is 0 Å². The van der Waals surface area contributed by atoms with Gasteiger partial charge in [-0.15, -0.1) is 0 Å². The van der Waals surface area contributed by atoms with Crippen LogP contribution in [0.2, 0.25) is 0 Å². The molecule has 1 unspecified atom stereocenters. The predicted molar refractivity (Wildman–Crippen MR) is 67.5 cm³/mol. The largest absolute Gasteiger partial charge is 0.478 e. The maximum Gasteiger partial charge on any atom is 0.337 e. The van der Waals surface area contributed by atoms with Gasteiger partial charge in [0.05, 0.1) is 28.3 Å². The Morgan fingerprint density at radius 1 is 1.58 bits per heavy atom. The van der Waals surface area contributed by atoms with Crippen LogP contribution in [0.3, 0.4) is 0 Å². The number of carboxylic acids is 1. The lowest BCUT2D eigenvalue weighted by Gasteiger charge is -2.25. The number of nitrogens with one attached hydrogen (secondary N) is 1. The molecule has 0 bridgehead atoms. The first kappa shape index (κ1) is 13.3. The quantitative estimate of drug-likeness (QED) is 0.637. The van der Waals surface area contributed by atoms with Gasteiger partial charge in [-0.25, -0.2) is 4.79 Å². The van der Waals surface area contributed by atoms with Gasteiger partial charge in [0, 0.05) is 18.7 Å². The highest BCUT2D eigenvalue weighted by Gasteiger charge is 2.31. The third-order valence-corrected chi connectivity index (χ3v) is 3.10. The summed E-state index contributed by atoms with van der Waals surface area (Å²) in [5, 5.41) is 22.9. The van der Waals surface area contributed by atoms with Crippen molar-refractivity contribution in [3.8, 4) is 0 Å². The van der Waals surface area contributed by atoms with Crippen molar-refractivity contribution < 1.29 is 19.6 Å². The van der Waals surface area contributed by atoms with E-state index in [-0.39, 0.29) is 16.9 Å². The second-order valence-electron chi connectivity index (χ2n) is 4.78. The molecule has 0 aliphatic carbocycles. The molecule has 19 heavy (non-hydrogen) atoms. The Bertz CT molecular complexity index is 523. The maximum atomic E-state index is 11.1. The monoisotopic (exact) mass is 266 g/mol. The molecule has 7 heteroatoms. The summed E-state index contributed by atoms with van der Waals surface area (Å²) in [7, 11) is 0. The van der Waals surface area contributed by atoms with Crippen LogP contribution in [-0.4, -0.2) is 34.8 Å². The normalized spacial score (nSPS) is 22.2. The fraction of sp³-hybridized carbons (Fsp3) is 0.417. The molecular formula is C12H14N2O5. The lowest BCUT2D eigenvalue weighted by atomic mass is 10.00. The Kier molecular flexibility index (Phi) is 3.39. The molecule has 2 rings (SSSR count). The first-order valence-corrected chi connectivity index (χ1v) is 5.79. The summed E-state index contributed by atoms with van der Waals surface area (Å²) < 4.78 is 5.27. The lowest BCUT2D eigenvalue weighted by Crippen LogP contribution is -2.35. The van der Waals surface area contributed by atoms with Gasteiger partial charge in [0.1, 0.15) is 0 Å². The van der Waals surface area contributed by atoms with Gasteiger partial charge in [-0.3, -0.25) is 10.1 Å². The molecule has 2 N–H and O–H groups in total. The van der Waals surface area contributed by atoms with E-state index in [1.165, 1.54) is 18.2 Å². The van der Waals surface area contributed by atoms with E-state index in [9.17, 15) is 14.9 Å². The second-order valence-corrected chi connectivity index (χ2v) is 4.78. The fourth-order valence-electron chi connectivity index (χ4n) is 2.03. The van der Waals surface area contributed by atoms with Crippen LogP contribution in [0.25, 0.3) is 0 Å². The molecule has 0 saturated carbocycles. The number of carboxylic acid groups (broad SMARTS) is 1. The van der Waals surface area contributed by atoms with E-state index in [0.29, 0.717) is 13.2 Å². The van der Waals surface area contributed by atoms with Crippen molar-refractivity contribution >= 4 is 17.3 Å². The summed E-state index contributed by atoms with van der Waals surface area (Å²) in [4.78, 5) is 21.3. The van der Waals surface area contributed by atoms with Gasteiger partial charge in [0.25, 0.3) is 5.69 Å². The highest BCUT2D eigenvalue weighted by Crippen LogP contribution is 2.29. The van der Waals surface area contributed by atoms with Crippen LogP contribution in [0.4, 0.5) is 11.4 Å². The highest BCUT2D eigenvalue weighted by molar-refractivity contribution is 5.95. The van der Waals surface area contributed by atoms with Gasteiger partial charge < -0.3 is 15.2 Å². The summed E-state index contributed by atoms with van der Waals surface area (Å²) in [6, 6.07) is 3.66. The first-order chi connectivity index (χ1) is 8.91. The molecule has 0 amide bonds. The van der Waals surface area contributed by atoms with E-state index in [1.54, 1.807) is 0 Å². The Hall–Kier alpha value is -2.15. The summed E-state index contributed by atoms with van der Waals surface area (Å²) >= 11 is 0. The molecule has 0 aromatic heterocycles. The van der Waals surface area contributed by atoms with Crippen LogP contribution < -0.4 is 5.32 Å². The number of hydrogen-bond donors (Lipinski definition) is 2. The van der Waals surface area contributed by atoms with Gasteiger partial charge in [0.15, 0.2) is 0 Å². The smallest absolute Gasteiger partial charge is 0.337 e. The molecule has 0 radical (unpaired) electrons. The molecule has 1 saturated heterocycles. The number of anilines is 1. The number of aromatic carboxylic acids is 1. The van der Waals surface area contributed by atoms with E-state index in [4.69, 9.17) is 9.84 Å². The van der Waals surface area contributed by atoms with Crippen LogP contribution in [0.1, 0.15) is 23.7 Å². The Balaban J connectivity index is 2.37. The van der Waals surface area contributed by atoms with Gasteiger partial charge in [-0.05, 0) is 19.4 Å². The van der Waals surface area contributed by atoms with Gasteiger partial charge in [-0.1, -0.05) is 0 Å². The van der Waals surface area contributed by atoms with E-state index in [2.05, 4.69) is 5.32 Å². The predicted octanol–water partition coefficient (Wildman–Crippen LogP) is 1.88. The van der Waals surface area contributed by atoms with Crippen molar-refractivity contribution in [2.24, 2.45) is 0 Å². The molecule has 102 valence electrons. The summed E-state index contributed by atoms with van der Waals surface area (Å²) in [5.41, 5.74) is -0.289. The zero-order valence-corrected chi connectivity index (χ0v) is 10.4. The summed E-state index contributed by atoms with van der Waals surface area (Å²) in [5.74, 6) is -1.13. The number of hydrogen-bond acceptors (Lipinski definition) is 5. The van der Waals surface area contributed by atoms with Gasteiger partial charge in [0.2, 0.25) is 0 Å². The van der Waals surface area contributed by atoms with Crippen molar-refractivity contribution in [2.45, 2.75) is 18.9 Å². The van der Waals surface area contributed by atoms with Gasteiger partial charge >= 0.3 is 5.97 Å². The van der Waals surface area contributed by atoms with Crippen molar-refractivity contribution in [3.05, 3.63) is 33.9 Å². The molecule has 1 heterocycles. The van der Waals surface area contributed by atoms with E-state index >= 15 is 0 Å². The highest BCUT2D eigenvalue weighted by atomic mass is 16.6. The number of ether oxygens (including phenoxy) is 1. The number of rotatable bonds is 4. The van der Waals surface area contributed by atoms with Crippen LogP contribution in [-0.2, 0) is 4.74 Å². The van der Waals surface area contributed by atoms with Crippen molar-refractivity contribution in [2.75, 3.05) is 18.5 Å². The van der Waals surface area contributed by atoms with Crippen LogP contribution >= 0.6 is 0 Å². The number of nitrogens with zero attached hydrogens (tertiary/aromatic N) is 1. The Morgan fingerprint density at radius 3 is 2.84 bits per heavy atom. The molecule has 1 atom stereocenters. The minimum absolute atomic E-state index is 0.0127. The zero-order chi connectivity index (χ0) is 14.0. The first-order valence-electron chi connectivity index (χ1n) is 5.79. The molecule has 1 aliphatic rings. The summed E-state index contributed by atoms with van der Waals surface area (Å²) in [6.45, 7) is 2.92. The third-order valence-electron chi connectivity index (χ3n) is 3.10.